The number of morpholine rings is 1. The molecule has 6 rings (SSSR count). The van der Waals surface area contributed by atoms with Crippen LogP contribution in [0.4, 0.5) is 20.5 Å². The molecule has 0 unspecified atom stereocenters. The fourth-order valence-electron chi connectivity index (χ4n) is 6.17. The van der Waals surface area contributed by atoms with E-state index in [9.17, 15) is 8.78 Å². The maximum absolute atomic E-state index is 14.1. The number of likely N-dealkylation sites (tertiary alicyclic amines) is 1. The molecule has 2 aromatic heterocycles. The number of hydrogen-bond acceptors (Lipinski definition) is 7. The van der Waals surface area contributed by atoms with Crippen LogP contribution in [0.25, 0.3) is 16.9 Å². The Morgan fingerprint density at radius 3 is 2.39 bits per heavy atom. The minimum Gasteiger partial charge on any atom is -0.378 e. The maximum atomic E-state index is 14.1. The highest BCUT2D eigenvalue weighted by molar-refractivity contribution is 5.78. The van der Waals surface area contributed by atoms with E-state index < -0.39 is 6.43 Å². The molecule has 1 aromatic carbocycles. The Kier molecular flexibility index (Phi) is 7.69. The Hall–Kier alpha value is -2.85. The number of rotatable bonds is 7. The number of ether oxygens (including phenoxy) is 1. The van der Waals surface area contributed by atoms with Gasteiger partial charge < -0.3 is 19.9 Å². The van der Waals surface area contributed by atoms with Gasteiger partial charge in [0.2, 0.25) is 5.95 Å². The normalized spacial score (nSPS) is 23.3. The van der Waals surface area contributed by atoms with Crippen molar-refractivity contribution < 1.29 is 13.5 Å². The molecule has 2 aliphatic heterocycles. The van der Waals surface area contributed by atoms with E-state index in [0.29, 0.717) is 49.1 Å². The topological polar surface area (TPSA) is 71.3 Å². The van der Waals surface area contributed by atoms with E-state index in [0.717, 1.165) is 24.6 Å². The Balaban J connectivity index is 1.25. The first-order valence-electron chi connectivity index (χ1n) is 14.1. The molecule has 204 valence electrons. The van der Waals surface area contributed by atoms with Crippen LogP contribution in [0, 0.1) is 5.92 Å². The number of piperidine rings is 1. The van der Waals surface area contributed by atoms with Gasteiger partial charge in [0.15, 0.2) is 5.82 Å². The molecule has 0 radical (unpaired) electrons. The number of fused-ring (bicyclic) bond motifs is 1. The van der Waals surface area contributed by atoms with Crippen molar-refractivity contribution in [1.82, 2.24) is 24.4 Å². The van der Waals surface area contributed by atoms with Crippen LogP contribution in [-0.2, 0) is 4.74 Å². The lowest BCUT2D eigenvalue weighted by Crippen LogP contribution is -2.38. The number of alkyl halides is 2. The molecule has 0 amide bonds. The standard InChI is InChI=1S/C28H37F2N7O/c29-26(30)27-32-22-6-2-3-7-23(22)37(27)25-18-24(36-14-16-38-17-15-36)33-28(34-25)31-21-10-8-20(9-11-21)19-35-12-4-1-5-13-35/h2-3,6-7,18,20-21,26H,1,4-5,8-17,19H2,(H,31,33,34). The Morgan fingerprint density at radius 1 is 0.895 bits per heavy atom. The summed E-state index contributed by atoms with van der Waals surface area (Å²) in [6.07, 6.45) is 5.80. The highest BCUT2D eigenvalue weighted by atomic mass is 19.3. The minimum absolute atomic E-state index is 0.273. The van der Waals surface area contributed by atoms with Gasteiger partial charge in [-0.3, -0.25) is 4.57 Å². The smallest absolute Gasteiger partial charge is 0.296 e. The van der Waals surface area contributed by atoms with Crippen LogP contribution >= 0.6 is 0 Å². The number of nitrogens with one attached hydrogen (secondary N) is 1. The third-order valence-electron chi connectivity index (χ3n) is 8.19. The molecule has 1 aliphatic carbocycles. The molecule has 1 N–H and O–H groups in total. The number of halogens is 2. The molecule has 10 heteroatoms. The lowest BCUT2D eigenvalue weighted by molar-refractivity contribution is 0.122. The second-order valence-electron chi connectivity index (χ2n) is 10.8. The summed E-state index contributed by atoms with van der Waals surface area (Å²) in [7, 11) is 0. The van der Waals surface area contributed by atoms with Crippen LogP contribution in [0.5, 0.6) is 0 Å². The summed E-state index contributed by atoms with van der Waals surface area (Å²) in [5.74, 6) is 2.06. The maximum Gasteiger partial charge on any atom is 0.296 e. The summed E-state index contributed by atoms with van der Waals surface area (Å²) in [5.41, 5.74) is 1.13. The average Bonchev–Trinajstić information content (AvgIpc) is 3.35. The average molecular weight is 526 g/mol. The van der Waals surface area contributed by atoms with Crippen molar-refractivity contribution >= 4 is 22.8 Å². The van der Waals surface area contributed by atoms with Gasteiger partial charge in [-0.1, -0.05) is 18.6 Å². The van der Waals surface area contributed by atoms with Crippen molar-refractivity contribution in [2.24, 2.45) is 5.92 Å². The second kappa shape index (κ2) is 11.5. The lowest BCUT2D eigenvalue weighted by atomic mass is 9.85. The number of nitrogens with zero attached hydrogens (tertiary/aromatic N) is 6. The van der Waals surface area contributed by atoms with Crippen molar-refractivity contribution in [2.75, 3.05) is 56.2 Å². The van der Waals surface area contributed by atoms with Crippen LogP contribution in [0.15, 0.2) is 30.3 Å². The molecule has 0 spiro atoms. The van der Waals surface area contributed by atoms with Gasteiger partial charge in [-0.25, -0.2) is 13.8 Å². The monoisotopic (exact) mass is 525 g/mol. The van der Waals surface area contributed by atoms with Crippen molar-refractivity contribution in [3.63, 3.8) is 0 Å². The van der Waals surface area contributed by atoms with Gasteiger partial charge >= 0.3 is 0 Å². The van der Waals surface area contributed by atoms with Crippen LogP contribution in [0.3, 0.4) is 0 Å². The van der Waals surface area contributed by atoms with Gasteiger partial charge in [0.05, 0.1) is 24.2 Å². The molecule has 2 saturated heterocycles. The first kappa shape index (κ1) is 25.4. The summed E-state index contributed by atoms with van der Waals surface area (Å²) in [6, 6.07) is 9.27. The summed E-state index contributed by atoms with van der Waals surface area (Å²) < 4.78 is 35.2. The van der Waals surface area contributed by atoms with Gasteiger partial charge in [0, 0.05) is 31.7 Å². The number of anilines is 2. The van der Waals surface area contributed by atoms with E-state index in [2.05, 4.69) is 20.1 Å². The van der Waals surface area contributed by atoms with Crippen molar-refractivity contribution in [3.8, 4) is 5.82 Å². The molecule has 0 bridgehead atoms. The summed E-state index contributed by atoms with van der Waals surface area (Å²) in [5, 5.41) is 3.57. The van der Waals surface area contributed by atoms with E-state index in [1.807, 2.05) is 12.1 Å². The first-order chi connectivity index (χ1) is 18.6. The molecule has 1 saturated carbocycles. The quantitative estimate of drug-likeness (QED) is 0.463. The Bertz CT molecular complexity index is 1220. The molecular formula is C28H37F2N7O. The largest absolute Gasteiger partial charge is 0.378 e. The molecule has 3 fully saturated rings. The van der Waals surface area contributed by atoms with E-state index in [4.69, 9.17) is 14.7 Å². The first-order valence-corrected chi connectivity index (χ1v) is 14.1. The molecular weight excluding hydrogens is 488 g/mol. The number of benzene rings is 1. The van der Waals surface area contributed by atoms with Crippen molar-refractivity contribution in [2.45, 2.75) is 57.4 Å². The van der Waals surface area contributed by atoms with Gasteiger partial charge in [-0.05, 0) is 69.7 Å². The Morgan fingerprint density at radius 2 is 1.63 bits per heavy atom. The molecule has 8 nitrogen and oxygen atoms in total. The zero-order valence-electron chi connectivity index (χ0n) is 21.9. The highest BCUT2D eigenvalue weighted by Crippen LogP contribution is 2.31. The van der Waals surface area contributed by atoms with E-state index in [1.54, 1.807) is 18.2 Å². The molecule has 3 aromatic rings. The third kappa shape index (κ3) is 5.61. The number of hydrogen-bond donors (Lipinski definition) is 1. The van der Waals surface area contributed by atoms with Crippen molar-refractivity contribution in [1.29, 1.82) is 0 Å². The number of para-hydroxylation sites is 2. The van der Waals surface area contributed by atoms with Gasteiger partial charge in [-0.2, -0.15) is 9.97 Å². The van der Waals surface area contributed by atoms with E-state index in [1.165, 1.54) is 56.3 Å². The number of aromatic nitrogens is 4. The highest BCUT2D eigenvalue weighted by Gasteiger charge is 2.26. The van der Waals surface area contributed by atoms with Gasteiger partial charge in [0.25, 0.3) is 6.43 Å². The minimum atomic E-state index is -2.73. The summed E-state index contributed by atoms with van der Waals surface area (Å²) in [6.45, 7) is 6.32. The molecule has 38 heavy (non-hydrogen) atoms. The predicted molar refractivity (Wildman–Crippen MR) is 144 cm³/mol. The summed E-state index contributed by atoms with van der Waals surface area (Å²) >= 11 is 0. The van der Waals surface area contributed by atoms with Gasteiger partial charge in [0.1, 0.15) is 11.6 Å². The predicted octanol–water partition coefficient (Wildman–Crippen LogP) is 5.05. The fraction of sp³-hybridized carbons (Fsp3) is 0.607. The fourth-order valence-corrected chi connectivity index (χ4v) is 6.17. The number of imidazole rings is 1. The lowest BCUT2D eigenvalue weighted by Gasteiger charge is -2.34. The van der Waals surface area contributed by atoms with Crippen LogP contribution in [0.2, 0.25) is 0 Å². The van der Waals surface area contributed by atoms with Crippen LogP contribution < -0.4 is 10.2 Å². The van der Waals surface area contributed by atoms with Crippen LogP contribution in [-0.4, -0.2) is 76.4 Å². The third-order valence-corrected chi connectivity index (χ3v) is 8.19. The summed E-state index contributed by atoms with van der Waals surface area (Å²) in [4.78, 5) is 18.6. The van der Waals surface area contributed by atoms with E-state index >= 15 is 0 Å². The zero-order chi connectivity index (χ0) is 25.9. The van der Waals surface area contributed by atoms with E-state index in [-0.39, 0.29) is 11.9 Å². The van der Waals surface area contributed by atoms with Crippen LogP contribution in [0.1, 0.15) is 57.2 Å². The second-order valence-corrected chi connectivity index (χ2v) is 10.8. The SMILES string of the molecule is FC(F)c1nc2ccccc2n1-c1cc(N2CCOCC2)nc(NC2CCC(CN3CCCCC3)CC2)n1. The molecule has 0 atom stereocenters. The zero-order valence-corrected chi connectivity index (χ0v) is 21.9. The molecule has 3 aliphatic rings. The van der Waals surface area contributed by atoms with Gasteiger partial charge in [-0.15, -0.1) is 0 Å². The Labute approximate surface area is 222 Å². The molecule has 4 heterocycles. The van der Waals surface area contributed by atoms with Crippen molar-refractivity contribution in [3.05, 3.63) is 36.2 Å².